The van der Waals surface area contributed by atoms with Gasteiger partial charge in [0.1, 0.15) is 0 Å². The van der Waals surface area contributed by atoms with Crippen LogP contribution in [0.2, 0.25) is 5.02 Å². The molecular formula is C17H17BrClN. The predicted molar refractivity (Wildman–Crippen MR) is 89.7 cm³/mol. The first-order valence-corrected chi connectivity index (χ1v) is 8.09. The standard InChI is InChI=1S/C17H17BrClN/c1-12-4-7-17-13(9-12)3-2-8-20(17)11-14-5-6-15(18)10-16(14)19/h4-7,9-10H,2-3,8,11H2,1H3. The Balaban J connectivity index is 1.89. The molecule has 1 aliphatic heterocycles. The van der Waals surface area contributed by atoms with Crippen molar-refractivity contribution in [3.05, 3.63) is 62.6 Å². The Morgan fingerprint density at radius 2 is 2.05 bits per heavy atom. The van der Waals surface area contributed by atoms with Gasteiger partial charge in [0.2, 0.25) is 0 Å². The Kier molecular flexibility index (Phi) is 4.04. The molecule has 2 aromatic carbocycles. The zero-order valence-corrected chi connectivity index (χ0v) is 13.8. The Morgan fingerprint density at radius 1 is 1.20 bits per heavy atom. The van der Waals surface area contributed by atoms with Gasteiger partial charge in [-0.1, -0.05) is 51.3 Å². The second-order valence-electron chi connectivity index (χ2n) is 5.39. The van der Waals surface area contributed by atoms with Gasteiger partial charge < -0.3 is 4.90 Å². The van der Waals surface area contributed by atoms with Crippen LogP contribution in [-0.2, 0) is 13.0 Å². The molecule has 20 heavy (non-hydrogen) atoms. The summed E-state index contributed by atoms with van der Waals surface area (Å²) < 4.78 is 1.03. The van der Waals surface area contributed by atoms with E-state index in [-0.39, 0.29) is 0 Å². The molecule has 0 bridgehead atoms. The summed E-state index contributed by atoms with van der Waals surface area (Å²) in [5.41, 5.74) is 5.35. The van der Waals surface area contributed by atoms with Gasteiger partial charge in [0.25, 0.3) is 0 Å². The number of aryl methyl sites for hydroxylation is 2. The summed E-state index contributed by atoms with van der Waals surface area (Å²) in [6.07, 6.45) is 2.40. The van der Waals surface area contributed by atoms with Crippen molar-refractivity contribution in [1.29, 1.82) is 0 Å². The molecule has 0 saturated heterocycles. The summed E-state index contributed by atoms with van der Waals surface area (Å²) in [5, 5.41) is 0.832. The molecule has 3 rings (SSSR count). The lowest BCUT2D eigenvalue weighted by atomic mass is 9.99. The van der Waals surface area contributed by atoms with Crippen molar-refractivity contribution in [2.45, 2.75) is 26.3 Å². The molecular weight excluding hydrogens is 334 g/mol. The van der Waals surface area contributed by atoms with Gasteiger partial charge in [0, 0.05) is 28.3 Å². The first-order valence-electron chi connectivity index (χ1n) is 6.92. The SMILES string of the molecule is Cc1ccc2c(c1)CCCN2Cc1ccc(Br)cc1Cl. The number of hydrogen-bond donors (Lipinski definition) is 0. The van der Waals surface area contributed by atoms with Crippen molar-refractivity contribution in [1.82, 2.24) is 0 Å². The molecule has 0 spiro atoms. The van der Waals surface area contributed by atoms with Gasteiger partial charge >= 0.3 is 0 Å². The van der Waals surface area contributed by atoms with E-state index < -0.39 is 0 Å². The fourth-order valence-corrected chi connectivity index (χ4v) is 3.56. The molecule has 0 aromatic heterocycles. The summed E-state index contributed by atoms with van der Waals surface area (Å²) in [5.74, 6) is 0. The van der Waals surface area contributed by atoms with Crippen LogP contribution in [0, 0.1) is 6.92 Å². The van der Waals surface area contributed by atoms with E-state index in [1.54, 1.807) is 0 Å². The molecule has 0 saturated carbocycles. The summed E-state index contributed by atoms with van der Waals surface area (Å²) >= 11 is 9.80. The normalized spacial score (nSPS) is 14.2. The van der Waals surface area contributed by atoms with Crippen molar-refractivity contribution in [2.24, 2.45) is 0 Å². The van der Waals surface area contributed by atoms with E-state index in [0.29, 0.717) is 0 Å². The van der Waals surface area contributed by atoms with Crippen LogP contribution in [0.1, 0.15) is 23.1 Å². The highest BCUT2D eigenvalue weighted by Crippen LogP contribution is 2.31. The second-order valence-corrected chi connectivity index (χ2v) is 6.72. The molecule has 0 fully saturated rings. The molecule has 0 aliphatic carbocycles. The maximum Gasteiger partial charge on any atom is 0.0467 e. The first kappa shape index (κ1) is 14.0. The minimum Gasteiger partial charge on any atom is -0.367 e. The molecule has 1 aliphatic rings. The van der Waals surface area contributed by atoms with Crippen LogP contribution in [-0.4, -0.2) is 6.54 Å². The zero-order chi connectivity index (χ0) is 14.1. The van der Waals surface area contributed by atoms with Crippen molar-refractivity contribution in [3.8, 4) is 0 Å². The van der Waals surface area contributed by atoms with Crippen LogP contribution in [0.15, 0.2) is 40.9 Å². The molecule has 1 nitrogen and oxygen atoms in total. The third kappa shape index (κ3) is 2.87. The largest absolute Gasteiger partial charge is 0.367 e. The van der Waals surface area contributed by atoms with Gasteiger partial charge in [-0.2, -0.15) is 0 Å². The number of hydrogen-bond acceptors (Lipinski definition) is 1. The number of anilines is 1. The van der Waals surface area contributed by atoms with Crippen LogP contribution < -0.4 is 4.90 Å². The maximum absolute atomic E-state index is 6.34. The minimum atomic E-state index is 0.832. The van der Waals surface area contributed by atoms with Crippen LogP contribution in [0.5, 0.6) is 0 Å². The number of benzene rings is 2. The lowest BCUT2D eigenvalue weighted by Gasteiger charge is -2.32. The fraction of sp³-hybridized carbons (Fsp3) is 0.294. The zero-order valence-electron chi connectivity index (χ0n) is 11.5. The molecule has 0 N–H and O–H groups in total. The molecule has 0 radical (unpaired) electrons. The van der Waals surface area contributed by atoms with Gasteiger partial charge in [-0.05, 0) is 49.1 Å². The van der Waals surface area contributed by atoms with Crippen molar-refractivity contribution in [2.75, 3.05) is 11.4 Å². The molecule has 0 atom stereocenters. The lowest BCUT2D eigenvalue weighted by molar-refractivity contribution is 0.691. The average Bonchev–Trinajstić information content (AvgIpc) is 2.41. The highest BCUT2D eigenvalue weighted by molar-refractivity contribution is 9.10. The summed E-state index contributed by atoms with van der Waals surface area (Å²) in [6.45, 7) is 4.13. The Morgan fingerprint density at radius 3 is 2.85 bits per heavy atom. The fourth-order valence-electron chi connectivity index (χ4n) is 2.82. The van der Waals surface area contributed by atoms with Crippen LogP contribution in [0.4, 0.5) is 5.69 Å². The van der Waals surface area contributed by atoms with Gasteiger partial charge in [0.15, 0.2) is 0 Å². The molecule has 0 unspecified atom stereocenters. The molecule has 2 aromatic rings. The van der Waals surface area contributed by atoms with Crippen molar-refractivity contribution in [3.63, 3.8) is 0 Å². The monoisotopic (exact) mass is 349 g/mol. The van der Waals surface area contributed by atoms with E-state index in [1.807, 2.05) is 6.07 Å². The number of halogens is 2. The van der Waals surface area contributed by atoms with E-state index in [0.717, 1.165) is 22.6 Å². The average molecular weight is 351 g/mol. The number of nitrogens with zero attached hydrogens (tertiary/aromatic N) is 1. The van der Waals surface area contributed by atoms with E-state index in [1.165, 1.54) is 35.2 Å². The topological polar surface area (TPSA) is 3.24 Å². The van der Waals surface area contributed by atoms with Gasteiger partial charge in [-0.3, -0.25) is 0 Å². The van der Waals surface area contributed by atoms with Crippen LogP contribution in [0.25, 0.3) is 0 Å². The minimum absolute atomic E-state index is 0.832. The summed E-state index contributed by atoms with van der Waals surface area (Å²) in [7, 11) is 0. The highest BCUT2D eigenvalue weighted by Gasteiger charge is 2.17. The van der Waals surface area contributed by atoms with Gasteiger partial charge in [-0.25, -0.2) is 0 Å². The van der Waals surface area contributed by atoms with Gasteiger partial charge in [-0.15, -0.1) is 0 Å². The summed E-state index contributed by atoms with van der Waals surface area (Å²) in [6, 6.07) is 12.9. The van der Waals surface area contributed by atoms with E-state index in [2.05, 4.69) is 58.1 Å². The number of fused-ring (bicyclic) bond motifs is 1. The Bertz CT molecular complexity index is 639. The predicted octanol–water partition coefficient (Wildman–Crippen LogP) is 5.36. The van der Waals surface area contributed by atoms with Gasteiger partial charge in [0.05, 0.1) is 0 Å². The quantitative estimate of drug-likeness (QED) is 0.704. The third-order valence-electron chi connectivity index (χ3n) is 3.83. The Labute approximate surface area is 133 Å². The first-order chi connectivity index (χ1) is 9.63. The number of rotatable bonds is 2. The summed E-state index contributed by atoms with van der Waals surface area (Å²) in [4.78, 5) is 2.44. The molecule has 3 heteroatoms. The van der Waals surface area contributed by atoms with E-state index in [4.69, 9.17) is 11.6 Å². The smallest absolute Gasteiger partial charge is 0.0467 e. The molecule has 0 amide bonds. The maximum atomic E-state index is 6.34. The van der Waals surface area contributed by atoms with Crippen LogP contribution in [0.3, 0.4) is 0 Å². The van der Waals surface area contributed by atoms with Crippen molar-refractivity contribution < 1.29 is 0 Å². The lowest BCUT2D eigenvalue weighted by Crippen LogP contribution is -2.28. The van der Waals surface area contributed by atoms with Crippen LogP contribution >= 0.6 is 27.5 Å². The van der Waals surface area contributed by atoms with E-state index in [9.17, 15) is 0 Å². The van der Waals surface area contributed by atoms with E-state index >= 15 is 0 Å². The third-order valence-corrected chi connectivity index (χ3v) is 4.67. The molecule has 104 valence electrons. The van der Waals surface area contributed by atoms with Crippen molar-refractivity contribution >= 4 is 33.2 Å². The Hall–Kier alpha value is -0.990. The highest BCUT2D eigenvalue weighted by atomic mass is 79.9. The second kappa shape index (κ2) is 5.79. The molecule has 1 heterocycles.